The van der Waals surface area contributed by atoms with Crippen LogP contribution in [0.4, 0.5) is 0 Å². The van der Waals surface area contributed by atoms with Gasteiger partial charge in [0.2, 0.25) is 0 Å². The molecular formula is C26H28N2O2. The van der Waals surface area contributed by atoms with E-state index < -0.39 is 0 Å². The van der Waals surface area contributed by atoms with Crippen LogP contribution in [0.1, 0.15) is 38.1 Å². The van der Waals surface area contributed by atoms with Crippen molar-refractivity contribution in [3.8, 4) is 34.0 Å². The number of hydrogen-bond donors (Lipinski definition) is 2. The molecule has 0 aliphatic rings. The minimum absolute atomic E-state index is 0.276. The lowest BCUT2D eigenvalue weighted by molar-refractivity contribution is 0.474. The van der Waals surface area contributed by atoms with Crippen LogP contribution in [-0.4, -0.2) is 19.3 Å². The van der Waals surface area contributed by atoms with Crippen LogP contribution >= 0.6 is 0 Å². The van der Waals surface area contributed by atoms with Gasteiger partial charge in [-0.05, 0) is 73.5 Å². The van der Waals surface area contributed by atoms with Crippen molar-refractivity contribution in [2.45, 2.75) is 39.5 Å². The normalized spacial score (nSPS) is 11.1. The number of phenols is 2. The lowest BCUT2D eigenvalue weighted by Gasteiger charge is -2.08. The number of benzene rings is 2. The molecule has 2 heterocycles. The van der Waals surface area contributed by atoms with E-state index in [1.165, 1.54) is 22.5 Å². The molecule has 2 aromatic carbocycles. The van der Waals surface area contributed by atoms with Crippen LogP contribution in [0, 0.1) is 0 Å². The topological polar surface area (TPSA) is 50.3 Å². The quantitative estimate of drug-likeness (QED) is 0.385. The van der Waals surface area contributed by atoms with Crippen molar-refractivity contribution >= 4 is 0 Å². The van der Waals surface area contributed by atoms with Gasteiger partial charge in [-0.3, -0.25) is 0 Å². The Morgan fingerprint density at radius 1 is 0.600 bits per heavy atom. The molecule has 4 aromatic rings. The molecule has 0 bridgehead atoms. The molecule has 30 heavy (non-hydrogen) atoms. The maximum atomic E-state index is 9.64. The van der Waals surface area contributed by atoms with E-state index in [0.29, 0.717) is 0 Å². The van der Waals surface area contributed by atoms with Gasteiger partial charge in [-0.2, -0.15) is 0 Å². The van der Waals surface area contributed by atoms with Crippen LogP contribution in [0.5, 0.6) is 11.5 Å². The number of aryl methyl sites for hydroxylation is 2. The van der Waals surface area contributed by atoms with Crippen molar-refractivity contribution in [3.05, 3.63) is 84.4 Å². The Morgan fingerprint density at radius 3 is 1.30 bits per heavy atom. The summed E-state index contributed by atoms with van der Waals surface area (Å²) in [5.41, 5.74) is 6.98. The van der Waals surface area contributed by atoms with Crippen LogP contribution in [0.25, 0.3) is 22.5 Å². The summed E-state index contributed by atoms with van der Waals surface area (Å²) in [6.07, 6.45) is 8.48. The Morgan fingerprint density at radius 2 is 0.967 bits per heavy atom. The van der Waals surface area contributed by atoms with Crippen molar-refractivity contribution in [2.24, 2.45) is 0 Å². The van der Waals surface area contributed by atoms with E-state index in [0.717, 1.165) is 37.1 Å². The summed E-state index contributed by atoms with van der Waals surface area (Å²) >= 11 is 0. The first kappa shape index (κ1) is 19.9. The standard InChI is InChI=1S/C26H28N2O2/c1-3-5-23-15-19(17-27(23)21-7-11-25(29)12-8-21)20-16-24(6-4-2)28(18-20)22-9-13-26(30)14-10-22/h7-18,29-30H,3-6H2,1-2H3. The Balaban J connectivity index is 1.78. The van der Waals surface area contributed by atoms with Crippen LogP contribution < -0.4 is 0 Å². The maximum Gasteiger partial charge on any atom is 0.115 e. The first-order chi connectivity index (χ1) is 14.6. The summed E-state index contributed by atoms with van der Waals surface area (Å²) < 4.78 is 4.44. The summed E-state index contributed by atoms with van der Waals surface area (Å²) in [5.74, 6) is 0.553. The molecule has 0 radical (unpaired) electrons. The SMILES string of the molecule is CCCc1cc(-c2cc(CCC)n(-c3ccc(O)cc3)c2)cn1-c1ccc(O)cc1. The van der Waals surface area contributed by atoms with E-state index in [1.54, 1.807) is 24.3 Å². The minimum Gasteiger partial charge on any atom is -0.508 e. The van der Waals surface area contributed by atoms with Crippen LogP contribution in [0.15, 0.2) is 73.1 Å². The van der Waals surface area contributed by atoms with Gasteiger partial charge in [0.15, 0.2) is 0 Å². The Kier molecular flexibility index (Phi) is 5.66. The summed E-state index contributed by atoms with van der Waals surface area (Å²) in [6, 6.07) is 19.2. The van der Waals surface area contributed by atoms with Crippen molar-refractivity contribution in [1.29, 1.82) is 0 Å². The molecule has 0 spiro atoms. The Bertz CT molecular complexity index is 1030. The number of aromatic nitrogens is 2. The summed E-state index contributed by atoms with van der Waals surface area (Å²) in [7, 11) is 0. The van der Waals surface area contributed by atoms with E-state index >= 15 is 0 Å². The predicted octanol–water partition coefficient (Wildman–Crippen LogP) is 6.25. The third-order valence-electron chi connectivity index (χ3n) is 5.40. The highest BCUT2D eigenvalue weighted by atomic mass is 16.3. The second-order valence-electron chi connectivity index (χ2n) is 7.71. The lowest BCUT2D eigenvalue weighted by atomic mass is 10.1. The van der Waals surface area contributed by atoms with Crippen LogP contribution in [0.3, 0.4) is 0 Å². The summed E-state index contributed by atoms with van der Waals surface area (Å²) in [6.45, 7) is 4.38. The Hall–Kier alpha value is -3.40. The van der Waals surface area contributed by atoms with Gasteiger partial charge >= 0.3 is 0 Å². The summed E-state index contributed by atoms with van der Waals surface area (Å²) in [5, 5.41) is 19.3. The predicted molar refractivity (Wildman–Crippen MR) is 122 cm³/mol. The van der Waals surface area contributed by atoms with Crippen LogP contribution in [-0.2, 0) is 12.8 Å². The molecule has 0 aliphatic carbocycles. The fourth-order valence-corrected chi connectivity index (χ4v) is 3.94. The van der Waals surface area contributed by atoms with Gasteiger partial charge in [0.05, 0.1) is 0 Å². The Labute approximate surface area is 177 Å². The molecule has 0 saturated heterocycles. The highest BCUT2D eigenvalue weighted by Gasteiger charge is 2.13. The first-order valence-corrected chi connectivity index (χ1v) is 10.6. The third-order valence-corrected chi connectivity index (χ3v) is 5.40. The van der Waals surface area contributed by atoms with Gasteiger partial charge in [-0.25, -0.2) is 0 Å². The molecule has 0 atom stereocenters. The second-order valence-corrected chi connectivity index (χ2v) is 7.71. The molecule has 0 fully saturated rings. The molecule has 154 valence electrons. The molecule has 4 rings (SSSR count). The molecule has 0 saturated carbocycles. The fourth-order valence-electron chi connectivity index (χ4n) is 3.94. The van der Waals surface area contributed by atoms with Crippen molar-refractivity contribution in [1.82, 2.24) is 9.13 Å². The van der Waals surface area contributed by atoms with E-state index in [1.807, 2.05) is 24.3 Å². The third kappa shape index (κ3) is 3.99. The van der Waals surface area contributed by atoms with Gasteiger partial charge < -0.3 is 19.3 Å². The maximum absolute atomic E-state index is 9.64. The first-order valence-electron chi connectivity index (χ1n) is 10.6. The van der Waals surface area contributed by atoms with E-state index in [2.05, 4.69) is 47.5 Å². The van der Waals surface area contributed by atoms with Gasteiger partial charge in [-0.1, -0.05) is 26.7 Å². The molecule has 0 aliphatic heterocycles. The van der Waals surface area contributed by atoms with Gasteiger partial charge in [-0.15, -0.1) is 0 Å². The molecule has 2 N–H and O–H groups in total. The van der Waals surface area contributed by atoms with Crippen molar-refractivity contribution in [2.75, 3.05) is 0 Å². The zero-order chi connectivity index (χ0) is 21.1. The van der Waals surface area contributed by atoms with Gasteiger partial charge in [0, 0.05) is 46.3 Å². The second kappa shape index (κ2) is 8.54. The number of rotatable bonds is 7. The smallest absolute Gasteiger partial charge is 0.115 e. The molecular weight excluding hydrogens is 372 g/mol. The van der Waals surface area contributed by atoms with Crippen molar-refractivity contribution < 1.29 is 10.2 Å². The zero-order valence-corrected chi connectivity index (χ0v) is 17.5. The van der Waals surface area contributed by atoms with E-state index in [4.69, 9.17) is 0 Å². The van der Waals surface area contributed by atoms with Gasteiger partial charge in [0.1, 0.15) is 11.5 Å². The largest absolute Gasteiger partial charge is 0.508 e. The monoisotopic (exact) mass is 400 g/mol. The molecule has 4 nitrogen and oxygen atoms in total. The van der Waals surface area contributed by atoms with E-state index in [-0.39, 0.29) is 11.5 Å². The van der Waals surface area contributed by atoms with E-state index in [9.17, 15) is 10.2 Å². The molecule has 4 heteroatoms. The number of nitrogens with zero attached hydrogens (tertiary/aromatic N) is 2. The average Bonchev–Trinajstić information content (AvgIpc) is 3.35. The molecule has 0 amide bonds. The number of aromatic hydroxyl groups is 2. The average molecular weight is 401 g/mol. The summed E-state index contributed by atoms with van der Waals surface area (Å²) in [4.78, 5) is 0. The number of phenolic OH excluding ortho intramolecular Hbond substituents is 2. The minimum atomic E-state index is 0.276. The fraction of sp³-hybridized carbons (Fsp3) is 0.231. The number of hydrogen-bond acceptors (Lipinski definition) is 2. The highest BCUT2D eigenvalue weighted by Crippen LogP contribution is 2.30. The van der Waals surface area contributed by atoms with Crippen molar-refractivity contribution in [3.63, 3.8) is 0 Å². The van der Waals surface area contributed by atoms with Gasteiger partial charge in [0.25, 0.3) is 0 Å². The lowest BCUT2D eigenvalue weighted by Crippen LogP contribution is -1.97. The highest BCUT2D eigenvalue weighted by molar-refractivity contribution is 5.66. The van der Waals surface area contributed by atoms with Crippen LogP contribution in [0.2, 0.25) is 0 Å². The molecule has 2 aromatic heterocycles. The molecule has 0 unspecified atom stereocenters. The zero-order valence-electron chi connectivity index (χ0n) is 17.5.